The van der Waals surface area contributed by atoms with Gasteiger partial charge in [0.2, 0.25) is 5.91 Å². The van der Waals surface area contributed by atoms with E-state index in [-0.39, 0.29) is 15.2 Å². The summed E-state index contributed by atoms with van der Waals surface area (Å²) in [6.45, 7) is 0. The number of rotatable bonds is 3. The molecule has 1 aromatic rings. The Labute approximate surface area is 171 Å². The van der Waals surface area contributed by atoms with Gasteiger partial charge in [-0.25, -0.2) is 0 Å². The molecule has 0 aliphatic heterocycles. The first-order chi connectivity index (χ1) is 12.9. The lowest BCUT2D eigenvalue weighted by molar-refractivity contribution is -0.147. The molecule has 5 saturated carbocycles. The van der Waals surface area contributed by atoms with Crippen molar-refractivity contribution in [3.8, 4) is 0 Å². The molecule has 4 heteroatoms. The van der Waals surface area contributed by atoms with E-state index in [9.17, 15) is 4.79 Å². The molecule has 5 aliphatic rings. The molecule has 1 amide bonds. The van der Waals surface area contributed by atoms with Crippen LogP contribution in [0.25, 0.3) is 0 Å². The summed E-state index contributed by atoms with van der Waals surface area (Å²) in [4.78, 5) is 13.6. The van der Waals surface area contributed by atoms with E-state index in [4.69, 9.17) is 5.73 Å². The monoisotopic (exact) mass is 430 g/mol. The van der Waals surface area contributed by atoms with Crippen LogP contribution in [-0.4, -0.2) is 22.3 Å². The fourth-order valence-electron chi connectivity index (χ4n) is 7.29. The average Bonchev–Trinajstić information content (AvgIpc) is 2.62. The molecular weight excluding hydrogens is 400 g/mol. The first-order valence-corrected chi connectivity index (χ1v) is 11.5. The van der Waals surface area contributed by atoms with Crippen LogP contribution in [0.15, 0.2) is 30.3 Å². The zero-order valence-electron chi connectivity index (χ0n) is 16.1. The van der Waals surface area contributed by atoms with E-state index in [1.54, 1.807) is 0 Å². The Balaban J connectivity index is 1.43. The van der Waals surface area contributed by atoms with Gasteiger partial charge in [-0.2, -0.15) is 0 Å². The maximum Gasteiger partial charge on any atom is 0.226 e. The summed E-state index contributed by atoms with van der Waals surface area (Å²) in [6, 6.07) is 11.6. The van der Waals surface area contributed by atoms with E-state index in [1.807, 2.05) is 0 Å². The minimum Gasteiger partial charge on any atom is -0.353 e. The number of alkyl halides is 1. The van der Waals surface area contributed by atoms with Crippen molar-refractivity contribution in [1.82, 2.24) is 5.32 Å². The van der Waals surface area contributed by atoms with Crippen molar-refractivity contribution in [1.29, 1.82) is 0 Å². The van der Waals surface area contributed by atoms with Gasteiger partial charge >= 0.3 is 0 Å². The van der Waals surface area contributed by atoms with Crippen LogP contribution in [0.5, 0.6) is 0 Å². The van der Waals surface area contributed by atoms with Crippen LogP contribution in [0, 0.1) is 11.3 Å². The fourth-order valence-corrected chi connectivity index (χ4v) is 8.82. The molecular formula is C23H31BrN2O. The lowest BCUT2D eigenvalue weighted by Gasteiger charge is -2.64. The Hall–Kier alpha value is -0.870. The van der Waals surface area contributed by atoms with Crippen LogP contribution in [0.4, 0.5) is 0 Å². The number of carbonyl (C=O) groups excluding carboxylic acids is 1. The first kappa shape index (κ1) is 18.2. The van der Waals surface area contributed by atoms with Crippen molar-refractivity contribution >= 4 is 21.8 Å². The zero-order valence-corrected chi connectivity index (χ0v) is 17.6. The second kappa shape index (κ2) is 6.32. The molecule has 3 N–H and O–H groups in total. The Morgan fingerprint density at radius 1 is 1.00 bits per heavy atom. The van der Waals surface area contributed by atoms with Gasteiger partial charge in [0.25, 0.3) is 0 Å². The van der Waals surface area contributed by atoms with Crippen molar-refractivity contribution in [2.45, 2.75) is 86.0 Å². The summed E-state index contributed by atoms with van der Waals surface area (Å²) in [6.07, 6.45) is 10.9. The highest BCUT2D eigenvalue weighted by Crippen LogP contribution is 2.69. The second-order valence-corrected chi connectivity index (χ2v) is 11.9. The Bertz CT molecular complexity index is 731. The van der Waals surface area contributed by atoms with Gasteiger partial charge in [0.1, 0.15) is 0 Å². The third kappa shape index (κ3) is 3.07. The van der Waals surface area contributed by atoms with Crippen molar-refractivity contribution < 1.29 is 4.79 Å². The summed E-state index contributed by atoms with van der Waals surface area (Å²) in [5.41, 5.74) is 7.46. The van der Waals surface area contributed by atoms with Gasteiger partial charge < -0.3 is 11.1 Å². The number of benzene rings is 1. The quantitative estimate of drug-likeness (QED) is 0.696. The van der Waals surface area contributed by atoms with Gasteiger partial charge in [-0.05, 0) is 81.1 Å². The van der Waals surface area contributed by atoms with Gasteiger partial charge in [-0.15, -0.1) is 0 Å². The Morgan fingerprint density at radius 3 is 2.44 bits per heavy atom. The van der Waals surface area contributed by atoms with E-state index >= 15 is 0 Å². The number of carbonyl (C=O) groups is 1. The maximum atomic E-state index is 13.6. The van der Waals surface area contributed by atoms with Gasteiger partial charge in [0.05, 0.1) is 5.41 Å². The summed E-state index contributed by atoms with van der Waals surface area (Å²) >= 11 is 4.13. The maximum absolute atomic E-state index is 13.6. The average molecular weight is 431 g/mol. The molecule has 27 heavy (non-hydrogen) atoms. The predicted octanol–water partition coefficient (Wildman–Crippen LogP) is 4.43. The molecule has 0 spiro atoms. The third-order valence-electron chi connectivity index (χ3n) is 7.98. The van der Waals surface area contributed by atoms with Gasteiger partial charge in [-0.1, -0.05) is 46.3 Å². The van der Waals surface area contributed by atoms with E-state index in [0.717, 1.165) is 44.9 Å². The van der Waals surface area contributed by atoms with Crippen LogP contribution < -0.4 is 11.1 Å². The van der Waals surface area contributed by atoms with Gasteiger partial charge in [0.15, 0.2) is 0 Å². The highest BCUT2D eigenvalue weighted by molar-refractivity contribution is 9.10. The molecule has 0 aromatic heterocycles. The predicted molar refractivity (Wildman–Crippen MR) is 112 cm³/mol. The zero-order chi connectivity index (χ0) is 18.7. The molecule has 1 aromatic carbocycles. The first-order valence-electron chi connectivity index (χ1n) is 10.7. The fraction of sp³-hybridized carbons (Fsp3) is 0.696. The summed E-state index contributed by atoms with van der Waals surface area (Å²) in [5, 5.41) is 3.47. The van der Waals surface area contributed by atoms with Gasteiger partial charge in [-0.3, -0.25) is 4.79 Å². The standard InChI is InChI=1S/C23H31BrN2O/c24-23-12-16-10-21(14-23,17-4-2-1-3-5-17)13-22(11-16,15-23)20(27)26-19-8-6-18(25)7-9-19/h1-5,16,18-19H,6-15,25H2,(H,26,27). The molecule has 4 unspecified atom stereocenters. The molecule has 0 saturated heterocycles. The molecule has 0 radical (unpaired) electrons. The summed E-state index contributed by atoms with van der Waals surface area (Å²) in [5.74, 6) is 0.988. The Morgan fingerprint density at radius 2 is 1.74 bits per heavy atom. The lowest BCUT2D eigenvalue weighted by atomic mass is 9.42. The molecule has 3 nitrogen and oxygen atoms in total. The summed E-state index contributed by atoms with van der Waals surface area (Å²) < 4.78 is 0.133. The molecule has 4 atom stereocenters. The topological polar surface area (TPSA) is 55.1 Å². The number of hydrogen-bond donors (Lipinski definition) is 2. The highest BCUT2D eigenvalue weighted by atomic mass is 79.9. The van der Waals surface area contributed by atoms with Crippen molar-refractivity contribution in [2.75, 3.05) is 0 Å². The molecule has 6 rings (SSSR count). The minimum absolute atomic E-state index is 0.133. The SMILES string of the molecule is NC1CCC(NC(=O)C23CC4CC(Br)(C2)CC(c2ccccc2)(C4)C3)CC1. The highest BCUT2D eigenvalue weighted by Gasteiger charge is 2.65. The van der Waals surface area contributed by atoms with E-state index < -0.39 is 0 Å². The van der Waals surface area contributed by atoms with Crippen molar-refractivity contribution in [3.05, 3.63) is 35.9 Å². The van der Waals surface area contributed by atoms with Crippen molar-refractivity contribution in [2.24, 2.45) is 17.1 Å². The number of nitrogens with two attached hydrogens (primary N) is 1. The largest absolute Gasteiger partial charge is 0.353 e. The second-order valence-electron chi connectivity index (χ2n) is 10.2. The Kier molecular flexibility index (Phi) is 4.25. The summed E-state index contributed by atoms with van der Waals surface area (Å²) in [7, 11) is 0. The molecule has 5 fully saturated rings. The smallest absolute Gasteiger partial charge is 0.226 e. The van der Waals surface area contributed by atoms with Crippen LogP contribution in [0.3, 0.4) is 0 Å². The number of nitrogens with one attached hydrogen (secondary N) is 1. The van der Waals surface area contributed by atoms with Crippen molar-refractivity contribution in [3.63, 3.8) is 0 Å². The molecule has 0 heterocycles. The van der Waals surface area contributed by atoms with Crippen LogP contribution in [-0.2, 0) is 10.2 Å². The third-order valence-corrected chi connectivity index (χ3v) is 8.86. The van der Waals surface area contributed by atoms with Crippen LogP contribution >= 0.6 is 15.9 Å². The van der Waals surface area contributed by atoms with E-state index in [0.29, 0.717) is 23.9 Å². The number of amides is 1. The molecule has 5 aliphatic carbocycles. The van der Waals surface area contributed by atoms with E-state index in [1.165, 1.54) is 24.8 Å². The number of halogens is 1. The normalized spacial score (nSPS) is 45.6. The molecule has 4 bridgehead atoms. The van der Waals surface area contributed by atoms with Crippen LogP contribution in [0.1, 0.15) is 69.8 Å². The molecule has 146 valence electrons. The lowest BCUT2D eigenvalue weighted by Crippen LogP contribution is -2.64. The number of hydrogen-bond acceptors (Lipinski definition) is 2. The van der Waals surface area contributed by atoms with E-state index in [2.05, 4.69) is 51.6 Å². The van der Waals surface area contributed by atoms with Crippen LogP contribution in [0.2, 0.25) is 0 Å². The minimum atomic E-state index is -0.196. The van der Waals surface area contributed by atoms with Gasteiger partial charge in [0, 0.05) is 16.4 Å².